The molecule has 290 valence electrons. The molecule has 0 heterocycles. The van der Waals surface area contributed by atoms with E-state index in [1.807, 2.05) is 0 Å². The van der Waals surface area contributed by atoms with E-state index >= 15 is 0 Å². The van der Waals surface area contributed by atoms with Crippen molar-refractivity contribution in [3.63, 3.8) is 0 Å². The molecule has 0 spiro atoms. The maximum atomic E-state index is 12.7. The van der Waals surface area contributed by atoms with Crippen molar-refractivity contribution < 1.29 is 19.1 Å². The molecule has 0 aromatic heterocycles. The number of rotatable bonds is 36. The van der Waals surface area contributed by atoms with Crippen LogP contribution in [0.3, 0.4) is 0 Å². The van der Waals surface area contributed by atoms with Gasteiger partial charge >= 0.3 is 11.9 Å². The Morgan fingerprint density at radius 2 is 0.640 bits per heavy atom. The van der Waals surface area contributed by atoms with Crippen molar-refractivity contribution in [3.05, 3.63) is 35.4 Å². The second-order valence-corrected chi connectivity index (χ2v) is 14.6. The maximum Gasteiger partial charge on any atom is 0.339 e. The van der Waals surface area contributed by atoms with Gasteiger partial charge in [0.1, 0.15) is 13.5 Å². The van der Waals surface area contributed by atoms with E-state index in [9.17, 15) is 9.59 Å². The van der Waals surface area contributed by atoms with Crippen LogP contribution in [0.5, 0.6) is 0 Å². The third-order valence-electron chi connectivity index (χ3n) is 10.2. The average molecular weight is 701 g/mol. The lowest BCUT2D eigenvalue weighted by molar-refractivity contribution is 0.0211. The van der Waals surface area contributed by atoms with Crippen molar-refractivity contribution in [1.82, 2.24) is 9.80 Å². The van der Waals surface area contributed by atoms with Gasteiger partial charge in [0.05, 0.1) is 11.1 Å². The Morgan fingerprint density at radius 1 is 0.400 bits per heavy atom. The van der Waals surface area contributed by atoms with Gasteiger partial charge in [0, 0.05) is 13.1 Å². The zero-order valence-electron chi connectivity index (χ0n) is 33.5. The van der Waals surface area contributed by atoms with Gasteiger partial charge in [0.15, 0.2) is 0 Å². The van der Waals surface area contributed by atoms with Crippen LogP contribution >= 0.6 is 0 Å². The molecule has 1 rings (SSSR count). The van der Waals surface area contributed by atoms with Crippen LogP contribution in [0.1, 0.15) is 215 Å². The number of benzene rings is 1. The first-order valence-corrected chi connectivity index (χ1v) is 21.4. The van der Waals surface area contributed by atoms with Gasteiger partial charge in [-0.2, -0.15) is 0 Å². The summed E-state index contributed by atoms with van der Waals surface area (Å²) in [6.45, 7) is 12.9. The quantitative estimate of drug-likeness (QED) is 0.0394. The maximum absolute atomic E-state index is 12.7. The predicted octanol–water partition coefficient (Wildman–Crippen LogP) is 12.7. The lowest BCUT2D eigenvalue weighted by atomic mass is 10.0. The first-order chi connectivity index (χ1) is 24.5. The van der Waals surface area contributed by atoms with E-state index in [4.69, 9.17) is 9.47 Å². The molecular formula is C44H80N2O4. The molecule has 0 aliphatic rings. The summed E-state index contributed by atoms with van der Waals surface area (Å²) < 4.78 is 11.2. The first-order valence-electron chi connectivity index (χ1n) is 21.4. The lowest BCUT2D eigenvalue weighted by Gasteiger charge is -2.20. The van der Waals surface area contributed by atoms with Crippen molar-refractivity contribution >= 4 is 11.9 Å². The molecule has 0 unspecified atom stereocenters. The topological polar surface area (TPSA) is 59.1 Å². The molecule has 0 saturated heterocycles. The Bertz CT molecular complexity index is 833. The SMILES string of the molecule is CCCCCCCCCCCCCCCN(CC)COC(=O)c1ccc(C(=O)OCN(CC)CCCCCCCCCCCCCCC)cc1. The highest BCUT2D eigenvalue weighted by molar-refractivity contribution is 5.93. The minimum atomic E-state index is -0.358. The predicted molar refractivity (Wildman–Crippen MR) is 213 cm³/mol. The zero-order valence-corrected chi connectivity index (χ0v) is 33.5. The molecule has 6 nitrogen and oxygen atoms in total. The van der Waals surface area contributed by atoms with Crippen LogP contribution in [0, 0.1) is 0 Å². The highest BCUT2D eigenvalue weighted by Crippen LogP contribution is 2.15. The number of carbonyl (C=O) groups excluding carboxylic acids is 2. The van der Waals surface area contributed by atoms with E-state index in [0.29, 0.717) is 24.6 Å². The molecule has 6 heteroatoms. The van der Waals surface area contributed by atoms with E-state index in [2.05, 4.69) is 37.5 Å². The average Bonchev–Trinajstić information content (AvgIpc) is 3.14. The number of nitrogens with zero attached hydrogens (tertiary/aromatic N) is 2. The Labute approximate surface area is 309 Å². The van der Waals surface area contributed by atoms with Gasteiger partial charge in [-0.1, -0.05) is 182 Å². The van der Waals surface area contributed by atoms with Crippen LogP contribution in [0.15, 0.2) is 24.3 Å². The number of esters is 2. The van der Waals surface area contributed by atoms with Crippen molar-refractivity contribution in [2.24, 2.45) is 0 Å². The molecule has 0 aliphatic carbocycles. The molecular weight excluding hydrogens is 620 g/mol. The van der Waals surface area contributed by atoms with Crippen molar-refractivity contribution in [1.29, 1.82) is 0 Å². The Kier molecular flexibility index (Phi) is 31.5. The molecule has 0 N–H and O–H groups in total. The summed E-state index contributed by atoms with van der Waals surface area (Å²) in [5.74, 6) is -0.715. The van der Waals surface area contributed by atoms with E-state index in [-0.39, 0.29) is 11.9 Å². The number of hydrogen-bond donors (Lipinski definition) is 0. The van der Waals surface area contributed by atoms with E-state index in [1.165, 1.54) is 154 Å². The molecule has 0 fully saturated rings. The zero-order chi connectivity index (χ0) is 36.3. The van der Waals surface area contributed by atoms with Crippen LogP contribution in [0.4, 0.5) is 0 Å². The number of carbonyl (C=O) groups is 2. The highest BCUT2D eigenvalue weighted by atomic mass is 16.5. The third kappa shape index (κ3) is 25.9. The largest absolute Gasteiger partial charge is 0.446 e. The standard InChI is InChI=1S/C44H80N2O4/c1-5-9-11-13-15-17-19-21-23-25-27-29-31-37-45(7-3)39-49-43(47)41-33-35-42(36-34-41)44(48)50-40-46(8-4)38-32-30-28-26-24-22-20-18-16-14-12-10-6-2/h33-36H,5-32,37-40H2,1-4H3. The summed E-state index contributed by atoms with van der Waals surface area (Å²) in [7, 11) is 0. The van der Waals surface area contributed by atoms with Gasteiger partial charge in [0.2, 0.25) is 0 Å². The minimum absolute atomic E-state index is 0.295. The van der Waals surface area contributed by atoms with Crippen LogP contribution in [-0.4, -0.2) is 61.4 Å². The van der Waals surface area contributed by atoms with Crippen molar-refractivity contribution in [2.75, 3.05) is 39.6 Å². The Hall–Kier alpha value is -1.92. The van der Waals surface area contributed by atoms with Crippen LogP contribution in [0.2, 0.25) is 0 Å². The molecule has 0 saturated carbocycles. The lowest BCUT2D eigenvalue weighted by Crippen LogP contribution is -2.29. The fraction of sp³-hybridized carbons (Fsp3) is 0.818. The monoisotopic (exact) mass is 701 g/mol. The molecule has 0 amide bonds. The summed E-state index contributed by atoms with van der Waals surface area (Å²) in [4.78, 5) is 29.7. The highest BCUT2D eigenvalue weighted by Gasteiger charge is 2.14. The number of unbranched alkanes of at least 4 members (excludes halogenated alkanes) is 24. The van der Waals surface area contributed by atoms with Gasteiger partial charge in [0.25, 0.3) is 0 Å². The molecule has 0 radical (unpaired) electrons. The summed E-state index contributed by atoms with van der Waals surface area (Å²) in [5.41, 5.74) is 0.910. The Balaban J connectivity index is 2.14. The second kappa shape index (κ2) is 34.2. The molecule has 1 aromatic carbocycles. The van der Waals surface area contributed by atoms with Crippen molar-refractivity contribution in [2.45, 2.75) is 195 Å². The van der Waals surface area contributed by atoms with Gasteiger partial charge in [-0.05, 0) is 50.2 Å². The Morgan fingerprint density at radius 3 is 0.880 bits per heavy atom. The smallest absolute Gasteiger partial charge is 0.339 e. The van der Waals surface area contributed by atoms with Crippen LogP contribution < -0.4 is 0 Å². The van der Waals surface area contributed by atoms with Crippen LogP contribution in [-0.2, 0) is 9.47 Å². The summed E-state index contributed by atoms with van der Waals surface area (Å²) >= 11 is 0. The molecule has 0 bridgehead atoms. The molecule has 50 heavy (non-hydrogen) atoms. The molecule has 1 aromatic rings. The first kappa shape index (κ1) is 46.1. The summed E-state index contributed by atoms with van der Waals surface area (Å²) in [6.07, 6.45) is 35.0. The fourth-order valence-corrected chi connectivity index (χ4v) is 6.54. The van der Waals surface area contributed by atoms with Crippen molar-refractivity contribution in [3.8, 4) is 0 Å². The van der Waals surface area contributed by atoms with E-state index in [0.717, 1.165) is 39.0 Å². The van der Waals surface area contributed by atoms with E-state index in [1.54, 1.807) is 24.3 Å². The molecule has 0 aliphatic heterocycles. The van der Waals surface area contributed by atoms with Crippen LogP contribution in [0.25, 0.3) is 0 Å². The summed E-state index contributed by atoms with van der Waals surface area (Å²) in [6, 6.07) is 6.64. The third-order valence-corrected chi connectivity index (χ3v) is 10.2. The van der Waals surface area contributed by atoms with Gasteiger partial charge < -0.3 is 9.47 Å². The molecule has 0 atom stereocenters. The van der Waals surface area contributed by atoms with E-state index < -0.39 is 0 Å². The number of ether oxygens (including phenoxy) is 2. The normalized spacial score (nSPS) is 11.5. The van der Waals surface area contributed by atoms with Gasteiger partial charge in [-0.25, -0.2) is 9.59 Å². The van der Waals surface area contributed by atoms with Gasteiger partial charge in [-0.15, -0.1) is 0 Å². The minimum Gasteiger partial charge on any atom is -0.446 e. The number of hydrogen-bond acceptors (Lipinski definition) is 6. The fourth-order valence-electron chi connectivity index (χ4n) is 6.54. The van der Waals surface area contributed by atoms with Gasteiger partial charge in [-0.3, -0.25) is 9.80 Å². The second-order valence-electron chi connectivity index (χ2n) is 14.6. The summed E-state index contributed by atoms with van der Waals surface area (Å²) in [5, 5.41) is 0.